The molecule has 2 aromatic carbocycles. The Labute approximate surface area is 181 Å². The van der Waals surface area contributed by atoms with E-state index in [1.54, 1.807) is 43.3 Å². The van der Waals surface area contributed by atoms with Crippen LogP contribution in [0.4, 0.5) is 5.69 Å². The first-order valence-electron chi connectivity index (χ1n) is 9.99. The number of anilines is 1. The minimum absolute atomic E-state index is 0.0655. The highest BCUT2D eigenvalue weighted by Crippen LogP contribution is 2.29. The lowest BCUT2D eigenvalue weighted by Crippen LogP contribution is -2.26. The molecular weight excluding hydrogens is 396 g/mol. The quantitative estimate of drug-likeness (QED) is 0.541. The van der Waals surface area contributed by atoms with Crippen LogP contribution >= 0.6 is 0 Å². The molecule has 162 valence electrons. The van der Waals surface area contributed by atoms with E-state index in [9.17, 15) is 9.59 Å². The molecule has 3 aromatic rings. The average molecular weight is 422 g/mol. The molecule has 0 aliphatic rings. The Morgan fingerprint density at radius 3 is 2.42 bits per heavy atom. The van der Waals surface area contributed by atoms with Gasteiger partial charge in [-0.25, -0.2) is 4.79 Å². The number of benzene rings is 2. The number of nitrogens with zero attached hydrogens (tertiary/aromatic N) is 1. The lowest BCUT2D eigenvalue weighted by atomic mass is 10.0. The smallest absolute Gasteiger partial charge is 0.344 e. The summed E-state index contributed by atoms with van der Waals surface area (Å²) >= 11 is 0. The van der Waals surface area contributed by atoms with Gasteiger partial charge in [-0.05, 0) is 31.5 Å². The lowest BCUT2D eigenvalue weighted by molar-refractivity contribution is -0.125. The van der Waals surface area contributed by atoms with Crippen LogP contribution < -0.4 is 10.1 Å². The van der Waals surface area contributed by atoms with Crippen molar-refractivity contribution in [3.05, 3.63) is 76.7 Å². The number of hydrogen-bond donors (Lipinski definition) is 1. The Kier molecular flexibility index (Phi) is 6.74. The van der Waals surface area contributed by atoms with Crippen molar-refractivity contribution in [2.24, 2.45) is 0 Å². The maximum absolute atomic E-state index is 13.2. The van der Waals surface area contributed by atoms with Gasteiger partial charge in [-0.1, -0.05) is 55.4 Å². The Hall–Kier alpha value is -3.61. The number of rotatable bonds is 7. The van der Waals surface area contributed by atoms with E-state index in [2.05, 4.69) is 10.5 Å². The van der Waals surface area contributed by atoms with E-state index < -0.39 is 18.0 Å². The van der Waals surface area contributed by atoms with E-state index in [1.807, 2.05) is 32.9 Å². The molecule has 0 radical (unpaired) electrons. The number of hydrogen-bond acceptors (Lipinski definition) is 6. The summed E-state index contributed by atoms with van der Waals surface area (Å²) in [5, 5.41) is 6.71. The molecule has 0 aliphatic heterocycles. The fourth-order valence-electron chi connectivity index (χ4n) is 3.21. The first-order valence-corrected chi connectivity index (χ1v) is 9.99. The van der Waals surface area contributed by atoms with Crippen molar-refractivity contribution in [3.63, 3.8) is 0 Å². The second kappa shape index (κ2) is 9.47. The molecule has 0 saturated heterocycles. The summed E-state index contributed by atoms with van der Waals surface area (Å²) in [6.45, 7) is 7.36. The van der Waals surface area contributed by atoms with Crippen LogP contribution in [0, 0.1) is 13.8 Å². The lowest BCUT2D eigenvalue weighted by Gasteiger charge is -2.19. The van der Waals surface area contributed by atoms with E-state index in [4.69, 9.17) is 14.0 Å². The number of aromatic nitrogens is 1. The van der Waals surface area contributed by atoms with Crippen molar-refractivity contribution < 1.29 is 23.6 Å². The Bertz CT molecular complexity index is 1070. The topological polar surface area (TPSA) is 90.7 Å². The first kappa shape index (κ1) is 22.1. The minimum atomic E-state index is -1.17. The predicted octanol–water partition coefficient (Wildman–Crippen LogP) is 4.96. The van der Waals surface area contributed by atoms with E-state index in [1.165, 1.54) is 7.11 Å². The van der Waals surface area contributed by atoms with Crippen LogP contribution in [-0.2, 0) is 9.53 Å². The van der Waals surface area contributed by atoms with Crippen LogP contribution in [0.3, 0.4) is 0 Å². The number of ether oxygens (including phenoxy) is 2. The van der Waals surface area contributed by atoms with Gasteiger partial charge < -0.3 is 19.3 Å². The number of esters is 1. The zero-order chi connectivity index (χ0) is 22.5. The normalized spacial score (nSPS) is 11.8. The average Bonchev–Trinajstić information content (AvgIpc) is 3.14. The Balaban J connectivity index is 1.93. The van der Waals surface area contributed by atoms with E-state index >= 15 is 0 Å². The van der Waals surface area contributed by atoms with Crippen LogP contribution in [-0.4, -0.2) is 24.1 Å². The molecule has 7 nitrogen and oxygen atoms in total. The number of methoxy groups -OCH3 is 1. The molecule has 3 rings (SSSR count). The van der Waals surface area contributed by atoms with Gasteiger partial charge in [0.05, 0.1) is 18.5 Å². The molecule has 0 saturated carbocycles. The second-order valence-electron chi connectivity index (χ2n) is 7.55. The van der Waals surface area contributed by atoms with E-state index in [-0.39, 0.29) is 11.5 Å². The summed E-state index contributed by atoms with van der Waals surface area (Å²) in [5.41, 5.74) is 2.65. The molecule has 1 heterocycles. The summed E-state index contributed by atoms with van der Waals surface area (Å²) in [5.74, 6) is -0.292. The van der Waals surface area contributed by atoms with Crippen molar-refractivity contribution in [1.29, 1.82) is 0 Å². The first-order chi connectivity index (χ1) is 14.8. The van der Waals surface area contributed by atoms with Gasteiger partial charge in [-0.3, -0.25) is 4.79 Å². The van der Waals surface area contributed by atoms with E-state index in [0.29, 0.717) is 28.5 Å². The Morgan fingerprint density at radius 1 is 1.06 bits per heavy atom. The minimum Gasteiger partial charge on any atom is -0.495 e. The summed E-state index contributed by atoms with van der Waals surface area (Å²) in [6, 6.07) is 14.3. The van der Waals surface area contributed by atoms with Crippen LogP contribution in [0.5, 0.6) is 5.75 Å². The third kappa shape index (κ3) is 4.94. The molecule has 1 N–H and O–H groups in total. The number of carbonyl (C=O) groups excluding carboxylic acids is 2. The molecule has 0 fully saturated rings. The van der Waals surface area contributed by atoms with Crippen molar-refractivity contribution in [2.45, 2.75) is 39.7 Å². The highest BCUT2D eigenvalue weighted by molar-refractivity contribution is 5.99. The fourth-order valence-corrected chi connectivity index (χ4v) is 3.21. The van der Waals surface area contributed by atoms with Crippen molar-refractivity contribution in [3.8, 4) is 5.75 Å². The van der Waals surface area contributed by atoms with Gasteiger partial charge in [0, 0.05) is 11.5 Å². The molecule has 31 heavy (non-hydrogen) atoms. The number of aryl methyl sites for hydroxylation is 2. The van der Waals surface area contributed by atoms with Gasteiger partial charge in [-0.15, -0.1) is 0 Å². The van der Waals surface area contributed by atoms with Gasteiger partial charge in [0.15, 0.2) is 5.76 Å². The molecule has 0 spiro atoms. The van der Waals surface area contributed by atoms with Gasteiger partial charge >= 0.3 is 5.97 Å². The highest BCUT2D eigenvalue weighted by Gasteiger charge is 2.30. The van der Waals surface area contributed by atoms with Crippen LogP contribution in [0.2, 0.25) is 0 Å². The summed E-state index contributed by atoms with van der Waals surface area (Å²) in [7, 11) is 1.52. The summed E-state index contributed by atoms with van der Waals surface area (Å²) < 4.78 is 16.3. The van der Waals surface area contributed by atoms with Gasteiger partial charge in [-0.2, -0.15) is 0 Å². The van der Waals surface area contributed by atoms with Crippen molar-refractivity contribution in [2.75, 3.05) is 12.4 Å². The van der Waals surface area contributed by atoms with Crippen LogP contribution in [0.15, 0.2) is 53.1 Å². The summed E-state index contributed by atoms with van der Waals surface area (Å²) in [4.78, 5) is 26.3. The van der Waals surface area contributed by atoms with Gasteiger partial charge in [0.25, 0.3) is 5.91 Å². The highest BCUT2D eigenvalue weighted by atomic mass is 16.6. The van der Waals surface area contributed by atoms with E-state index in [0.717, 1.165) is 5.56 Å². The second-order valence-corrected chi connectivity index (χ2v) is 7.55. The number of carbonyl (C=O) groups is 2. The monoisotopic (exact) mass is 422 g/mol. The maximum atomic E-state index is 13.2. The fraction of sp³-hybridized carbons (Fsp3) is 0.292. The van der Waals surface area contributed by atoms with Gasteiger partial charge in [0.1, 0.15) is 11.3 Å². The van der Waals surface area contributed by atoms with Crippen molar-refractivity contribution >= 4 is 17.6 Å². The third-order valence-electron chi connectivity index (χ3n) is 4.80. The molecule has 7 heteroatoms. The maximum Gasteiger partial charge on any atom is 0.344 e. The third-order valence-corrected chi connectivity index (χ3v) is 4.80. The molecule has 0 bridgehead atoms. The zero-order valence-electron chi connectivity index (χ0n) is 18.3. The molecule has 1 atom stereocenters. The predicted molar refractivity (Wildman–Crippen MR) is 116 cm³/mol. The molecule has 1 amide bonds. The van der Waals surface area contributed by atoms with Crippen molar-refractivity contribution in [1.82, 2.24) is 5.16 Å². The molecule has 0 aliphatic carbocycles. The molecular formula is C24H26N2O5. The van der Waals surface area contributed by atoms with Gasteiger partial charge in [0.2, 0.25) is 6.10 Å². The SMILES string of the molecule is COc1ccc(C)cc1NC(=O)[C@H](OC(=O)c1c(C)noc1C(C)C)c1ccccc1. The number of nitrogens with one attached hydrogen (secondary N) is 1. The molecule has 0 unspecified atom stereocenters. The zero-order valence-corrected chi connectivity index (χ0v) is 18.3. The standard InChI is InChI=1S/C24H26N2O5/c1-14(2)21-20(16(4)26-31-21)24(28)30-22(17-9-7-6-8-10-17)23(27)25-18-13-15(3)11-12-19(18)29-5/h6-14,22H,1-5H3,(H,25,27)/t22-/m1/s1. The van der Waals surface area contributed by atoms with Crippen LogP contribution in [0.1, 0.15) is 58.8 Å². The summed E-state index contributed by atoms with van der Waals surface area (Å²) in [6.07, 6.45) is -1.17. The largest absolute Gasteiger partial charge is 0.495 e. The Morgan fingerprint density at radius 2 is 1.77 bits per heavy atom. The number of amides is 1. The molecule has 1 aromatic heterocycles. The van der Waals surface area contributed by atoms with Crippen LogP contribution in [0.25, 0.3) is 0 Å².